The highest BCUT2D eigenvalue weighted by Crippen LogP contribution is 2.34. The minimum absolute atomic E-state index is 0.213. The van der Waals surface area contributed by atoms with Crippen LogP contribution < -0.4 is 0 Å². The van der Waals surface area contributed by atoms with E-state index in [2.05, 4.69) is 54.1 Å². The maximum absolute atomic E-state index is 11.3. The number of thioether (sulfide) groups is 1. The number of rotatable bonds is 10. The van der Waals surface area contributed by atoms with Gasteiger partial charge in [-0.1, -0.05) is 12.1 Å². The molecule has 2 saturated heterocycles. The first-order valence-corrected chi connectivity index (χ1v) is 16.4. The van der Waals surface area contributed by atoms with Gasteiger partial charge in [-0.05, 0) is 91.8 Å². The fraction of sp³-hybridized carbons (Fsp3) is 0.583. The van der Waals surface area contributed by atoms with Gasteiger partial charge in [-0.2, -0.15) is 11.8 Å². The van der Waals surface area contributed by atoms with Crippen LogP contribution in [0, 0.1) is 11.8 Å². The van der Waals surface area contributed by atoms with Gasteiger partial charge in [0.05, 0.1) is 32.2 Å². The largest absolute Gasteiger partial charge is 0.381 e. The monoisotopic (exact) mass is 634 g/mol. The zero-order chi connectivity index (χ0) is 24.6. The summed E-state index contributed by atoms with van der Waals surface area (Å²) in [6.45, 7) is 3.25. The smallest absolute Gasteiger partial charge is 0.147 e. The lowest BCUT2D eigenvalue weighted by atomic mass is 9.83. The van der Waals surface area contributed by atoms with E-state index in [1.807, 2.05) is 42.4 Å². The lowest BCUT2D eigenvalue weighted by molar-refractivity contribution is -0.0455. The first-order chi connectivity index (χ1) is 16.3. The van der Waals surface area contributed by atoms with Crippen molar-refractivity contribution < 1.29 is 17.9 Å². The van der Waals surface area contributed by atoms with Crippen LogP contribution in [-0.2, 0) is 19.3 Å². The van der Waals surface area contributed by atoms with Crippen LogP contribution in [0.3, 0.4) is 0 Å². The molecule has 2 unspecified atom stereocenters. The highest BCUT2D eigenvalue weighted by Gasteiger charge is 2.31. The SMILES string of the molecule is CS(=O)(=O)CCC(c1ccc(Br)nc1)C1COC1.CSCCC(c1ccc(Br)nc1)C1COC1. The third kappa shape index (κ3) is 8.85. The summed E-state index contributed by atoms with van der Waals surface area (Å²) in [7, 11) is -2.92. The Balaban J connectivity index is 0.000000192. The minimum Gasteiger partial charge on any atom is -0.381 e. The first kappa shape index (κ1) is 28.1. The van der Waals surface area contributed by atoms with Gasteiger partial charge in [0.25, 0.3) is 0 Å². The Bertz CT molecular complexity index is 983. The number of pyridine rings is 2. The Morgan fingerprint density at radius 3 is 1.71 bits per heavy atom. The van der Waals surface area contributed by atoms with E-state index in [9.17, 15) is 8.42 Å². The van der Waals surface area contributed by atoms with Gasteiger partial charge in [0.2, 0.25) is 0 Å². The zero-order valence-electron chi connectivity index (χ0n) is 19.5. The van der Waals surface area contributed by atoms with E-state index < -0.39 is 9.84 Å². The van der Waals surface area contributed by atoms with E-state index in [1.165, 1.54) is 24.0 Å². The molecule has 0 aliphatic carbocycles. The van der Waals surface area contributed by atoms with Gasteiger partial charge >= 0.3 is 0 Å². The second kappa shape index (κ2) is 13.7. The fourth-order valence-electron chi connectivity index (χ4n) is 4.12. The third-order valence-electron chi connectivity index (χ3n) is 6.26. The molecule has 2 fully saturated rings. The van der Waals surface area contributed by atoms with Crippen LogP contribution >= 0.6 is 43.6 Å². The maximum Gasteiger partial charge on any atom is 0.147 e. The van der Waals surface area contributed by atoms with Crippen LogP contribution in [0.5, 0.6) is 0 Å². The number of hydrogen-bond donors (Lipinski definition) is 0. The maximum atomic E-state index is 11.3. The summed E-state index contributed by atoms with van der Waals surface area (Å²) in [5.74, 6) is 3.35. The minimum atomic E-state index is -2.92. The van der Waals surface area contributed by atoms with Gasteiger partial charge in [-0.25, -0.2) is 18.4 Å². The van der Waals surface area contributed by atoms with Gasteiger partial charge in [0, 0.05) is 30.5 Å². The fourth-order valence-corrected chi connectivity index (χ4v) is 5.76. The molecule has 188 valence electrons. The molecule has 2 aliphatic heterocycles. The van der Waals surface area contributed by atoms with Crippen molar-refractivity contribution in [3.05, 3.63) is 57.0 Å². The predicted molar refractivity (Wildman–Crippen MR) is 145 cm³/mol. The molecule has 6 nitrogen and oxygen atoms in total. The number of sulfone groups is 1. The molecule has 4 heterocycles. The summed E-state index contributed by atoms with van der Waals surface area (Å²) >= 11 is 8.59. The third-order valence-corrected chi connectivity index (χ3v) is 8.81. The lowest BCUT2D eigenvalue weighted by Crippen LogP contribution is -2.34. The molecule has 0 spiro atoms. The second-order valence-electron chi connectivity index (χ2n) is 8.84. The quantitative estimate of drug-likeness (QED) is 0.326. The lowest BCUT2D eigenvalue weighted by Gasteiger charge is -2.34. The van der Waals surface area contributed by atoms with Crippen molar-refractivity contribution in [1.82, 2.24) is 9.97 Å². The molecule has 0 bridgehead atoms. The highest BCUT2D eigenvalue weighted by atomic mass is 79.9. The Kier molecular flexibility index (Phi) is 11.3. The number of halogens is 2. The molecule has 2 aromatic heterocycles. The van der Waals surface area contributed by atoms with Crippen molar-refractivity contribution >= 4 is 53.5 Å². The van der Waals surface area contributed by atoms with E-state index in [0.717, 1.165) is 28.0 Å². The van der Waals surface area contributed by atoms with Gasteiger partial charge < -0.3 is 9.47 Å². The van der Waals surface area contributed by atoms with Gasteiger partial charge in [0.1, 0.15) is 19.0 Å². The van der Waals surface area contributed by atoms with Crippen molar-refractivity contribution in [3.63, 3.8) is 0 Å². The summed E-state index contributed by atoms with van der Waals surface area (Å²) in [5, 5.41) is 0. The van der Waals surface area contributed by atoms with Crippen molar-refractivity contribution in [1.29, 1.82) is 0 Å². The van der Waals surface area contributed by atoms with Gasteiger partial charge in [-0.3, -0.25) is 0 Å². The van der Waals surface area contributed by atoms with E-state index in [0.29, 0.717) is 37.4 Å². The van der Waals surface area contributed by atoms with Crippen LogP contribution in [0.2, 0.25) is 0 Å². The van der Waals surface area contributed by atoms with Crippen molar-refractivity contribution in [2.24, 2.45) is 11.8 Å². The van der Waals surface area contributed by atoms with E-state index >= 15 is 0 Å². The van der Waals surface area contributed by atoms with E-state index in [4.69, 9.17) is 9.47 Å². The molecule has 0 saturated carbocycles. The van der Waals surface area contributed by atoms with Gasteiger partial charge in [-0.15, -0.1) is 0 Å². The average molecular weight is 636 g/mol. The molecule has 0 aromatic carbocycles. The summed E-state index contributed by atoms with van der Waals surface area (Å²) in [4.78, 5) is 8.53. The molecule has 2 aromatic rings. The number of nitrogens with zero attached hydrogens (tertiary/aromatic N) is 2. The Labute approximate surface area is 224 Å². The number of ether oxygens (including phenoxy) is 2. The predicted octanol–water partition coefficient (Wildman–Crippen LogP) is 5.34. The molecule has 0 N–H and O–H groups in total. The molecular weight excluding hydrogens is 604 g/mol. The Morgan fingerprint density at radius 2 is 1.38 bits per heavy atom. The van der Waals surface area contributed by atoms with E-state index in [-0.39, 0.29) is 11.7 Å². The molecule has 2 aliphatic rings. The van der Waals surface area contributed by atoms with Crippen molar-refractivity contribution in [2.45, 2.75) is 24.7 Å². The van der Waals surface area contributed by atoms with E-state index in [1.54, 1.807) is 0 Å². The second-order valence-corrected chi connectivity index (χ2v) is 13.7. The van der Waals surface area contributed by atoms with Crippen molar-refractivity contribution in [2.75, 3.05) is 50.4 Å². The summed E-state index contributed by atoms with van der Waals surface area (Å²) in [6, 6.07) is 8.10. The standard InChI is InChI=1S/C12H16BrNO3S.C12H16BrNOS/c1-18(15,16)5-4-11(10-7-17-8-10)9-2-3-12(13)14-6-9;1-16-5-4-11(10-7-15-8-10)9-2-3-12(13)14-6-9/h2-3,6,10-11H,4-5,7-8H2,1H3;2-3,6,10-11H,4-5,7-8H2,1H3. The normalized spacial score (nSPS) is 18.2. The van der Waals surface area contributed by atoms with Crippen LogP contribution in [0.15, 0.2) is 45.9 Å². The number of aromatic nitrogens is 2. The van der Waals surface area contributed by atoms with Gasteiger partial charge in [0.15, 0.2) is 0 Å². The highest BCUT2D eigenvalue weighted by molar-refractivity contribution is 9.10. The number of hydrogen-bond acceptors (Lipinski definition) is 7. The first-order valence-electron chi connectivity index (χ1n) is 11.3. The van der Waals surface area contributed by atoms with Crippen LogP contribution in [0.25, 0.3) is 0 Å². The average Bonchev–Trinajstić information content (AvgIpc) is 2.72. The molecule has 0 amide bonds. The zero-order valence-corrected chi connectivity index (χ0v) is 24.3. The van der Waals surface area contributed by atoms with Crippen molar-refractivity contribution in [3.8, 4) is 0 Å². The summed E-state index contributed by atoms with van der Waals surface area (Å²) in [5.41, 5.74) is 2.45. The molecule has 4 rings (SSSR count). The van der Waals surface area contributed by atoms with Crippen LogP contribution in [0.1, 0.15) is 35.8 Å². The Morgan fingerprint density at radius 1 is 0.912 bits per heavy atom. The molecule has 10 heteroatoms. The van der Waals surface area contributed by atoms with Crippen LogP contribution in [-0.4, -0.2) is 68.8 Å². The topological polar surface area (TPSA) is 78.4 Å². The molecule has 2 atom stereocenters. The molecule has 34 heavy (non-hydrogen) atoms. The van der Waals surface area contributed by atoms with Crippen LogP contribution in [0.4, 0.5) is 0 Å². The molecule has 0 radical (unpaired) electrons. The molecular formula is C24H32Br2N2O4S2. The summed E-state index contributed by atoms with van der Waals surface area (Å²) < 4.78 is 34.8. The Hall–Kier alpha value is -0.520. The summed E-state index contributed by atoms with van der Waals surface area (Å²) in [6.07, 6.45) is 9.10.